The van der Waals surface area contributed by atoms with Crippen molar-refractivity contribution in [2.24, 2.45) is 5.92 Å². The van der Waals surface area contributed by atoms with E-state index in [0.29, 0.717) is 42.4 Å². The molecule has 6 nitrogen and oxygen atoms in total. The van der Waals surface area contributed by atoms with Crippen LogP contribution < -0.4 is 0 Å². The van der Waals surface area contributed by atoms with Gasteiger partial charge in [0, 0.05) is 43.7 Å². The second kappa shape index (κ2) is 6.13. The molecule has 0 amide bonds. The van der Waals surface area contributed by atoms with Crippen molar-refractivity contribution in [1.82, 2.24) is 14.7 Å². The van der Waals surface area contributed by atoms with Crippen molar-refractivity contribution < 1.29 is 14.2 Å². The van der Waals surface area contributed by atoms with Gasteiger partial charge in [0.2, 0.25) is 0 Å². The number of likely N-dealkylation sites (N-methyl/N-ethyl adjacent to an activating group) is 3. The Morgan fingerprint density at radius 1 is 0.889 bits per heavy atom. The van der Waals surface area contributed by atoms with Gasteiger partial charge in [0.25, 0.3) is 0 Å². The van der Waals surface area contributed by atoms with Crippen molar-refractivity contribution in [3.8, 4) is 0 Å². The second-order valence-corrected chi connectivity index (χ2v) is 10.2. The number of morpholine rings is 3. The van der Waals surface area contributed by atoms with E-state index < -0.39 is 0 Å². The Labute approximate surface area is 163 Å². The van der Waals surface area contributed by atoms with Gasteiger partial charge in [-0.25, -0.2) is 0 Å². The van der Waals surface area contributed by atoms with Gasteiger partial charge < -0.3 is 14.2 Å². The summed E-state index contributed by atoms with van der Waals surface area (Å²) in [6.07, 6.45) is 7.53. The molecule has 3 saturated carbocycles. The fourth-order valence-corrected chi connectivity index (χ4v) is 6.92. The van der Waals surface area contributed by atoms with Crippen LogP contribution in [0.25, 0.3) is 0 Å². The lowest BCUT2D eigenvalue weighted by Gasteiger charge is -2.58. The minimum Gasteiger partial charge on any atom is -0.372 e. The van der Waals surface area contributed by atoms with Crippen LogP contribution >= 0.6 is 0 Å². The third-order valence-electron chi connectivity index (χ3n) is 8.74. The molecule has 3 aliphatic heterocycles. The molecule has 3 saturated heterocycles. The van der Waals surface area contributed by atoms with Crippen molar-refractivity contribution in [1.29, 1.82) is 0 Å². The highest BCUT2D eigenvalue weighted by molar-refractivity contribution is 5.20. The average Bonchev–Trinajstić information content (AvgIpc) is 3.20. The molecule has 6 fully saturated rings. The van der Waals surface area contributed by atoms with Crippen LogP contribution in [-0.2, 0) is 14.2 Å². The highest BCUT2D eigenvalue weighted by Gasteiger charge is 2.67. The number of hydrogen-bond acceptors (Lipinski definition) is 6. The molecule has 6 heteroatoms. The van der Waals surface area contributed by atoms with Gasteiger partial charge in [-0.05, 0) is 53.2 Å². The molecular formula is C21H35N3O3. The molecule has 6 aliphatic rings. The van der Waals surface area contributed by atoms with E-state index in [1.165, 1.54) is 25.7 Å². The molecule has 0 radical (unpaired) electrons. The summed E-state index contributed by atoms with van der Waals surface area (Å²) >= 11 is 0. The Bertz CT molecular complexity index is 605. The lowest BCUT2D eigenvalue weighted by atomic mass is 9.71. The third-order valence-corrected chi connectivity index (χ3v) is 8.74. The summed E-state index contributed by atoms with van der Waals surface area (Å²) in [5, 5.41) is 0. The van der Waals surface area contributed by atoms with Gasteiger partial charge in [-0.3, -0.25) is 14.7 Å². The van der Waals surface area contributed by atoms with Gasteiger partial charge in [0.05, 0.1) is 24.9 Å². The first-order chi connectivity index (χ1) is 13.1. The van der Waals surface area contributed by atoms with Gasteiger partial charge >= 0.3 is 0 Å². The maximum Gasteiger partial charge on any atom is 0.113 e. The van der Waals surface area contributed by atoms with E-state index in [9.17, 15) is 0 Å². The predicted molar refractivity (Wildman–Crippen MR) is 102 cm³/mol. The topological polar surface area (TPSA) is 37.4 Å². The molecule has 9 unspecified atom stereocenters. The summed E-state index contributed by atoms with van der Waals surface area (Å²) in [6, 6.07) is 1.77. The maximum absolute atomic E-state index is 6.81. The zero-order chi connectivity index (χ0) is 18.3. The number of nitrogens with zero attached hydrogens (tertiary/aromatic N) is 3. The molecule has 6 rings (SSSR count). The van der Waals surface area contributed by atoms with Crippen LogP contribution in [0.4, 0.5) is 0 Å². The first-order valence-electron chi connectivity index (χ1n) is 11.1. The quantitative estimate of drug-likeness (QED) is 0.709. The molecule has 0 bridgehead atoms. The normalized spacial score (nSPS) is 56.1. The Morgan fingerprint density at radius 3 is 2.63 bits per heavy atom. The van der Waals surface area contributed by atoms with Crippen LogP contribution in [0, 0.1) is 5.92 Å². The van der Waals surface area contributed by atoms with Gasteiger partial charge in [-0.15, -0.1) is 0 Å². The molecule has 0 N–H and O–H groups in total. The highest BCUT2D eigenvalue weighted by Crippen LogP contribution is 2.53. The van der Waals surface area contributed by atoms with Crippen LogP contribution in [0.3, 0.4) is 0 Å². The molecule has 152 valence electrons. The largest absolute Gasteiger partial charge is 0.372 e. The number of ether oxygens (including phenoxy) is 3. The summed E-state index contributed by atoms with van der Waals surface area (Å²) in [4.78, 5) is 7.58. The molecule has 0 aromatic carbocycles. The summed E-state index contributed by atoms with van der Waals surface area (Å²) in [7, 11) is 6.82. The fraction of sp³-hybridized carbons (Fsp3) is 1.00. The van der Waals surface area contributed by atoms with E-state index in [1.54, 1.807) is 0 Å². The minimum absolute atomic E-state index is 0.0485. The van der Waals surface area contributed by atoms with Crippen molar-refractivity contribution >= 4 is 0 Å². The lowest BCUT2D eigenvalue weighted by Crippen LogP contribution is -2.70. The second-order valence-electron chi connectivity index (χ2n) is 10.2. The van der Waals surface area contributed by atoms with Crippen LogP contribution in [0.5, 0.6) is 0 Å². The van der Waals surface area contributed by atoms with Gasteiger partial charge in [-0.1, -0.05) is 0 Å². The van der Waals surface area contributed by atoms with Crippen molar-refractivity contribution in [2.75, 3.05) is 47.4 Å². The van der Waals surface area contributed by atoms with Gasteiger partial charge in [0.15, 0.2) is 0 Å². The molecule has 27 heavy (non-hydrogen) atoms. The third kappa shape index (κ3) is 2.53. The standard InChI is InChI=1S/C21H35N3O3/c1-22-7-8-25-21(10-18(21)22)19-12-24(3)15-9-13(20(15)27-19)17-11-23(2)14-5-4-6-16(14)26-17/h13-20H,4-12H2,1-3H3. The first-order valence-corrected chi connectivity index (χ1v) is 11.1. The molecule has 3 heterocycles. The van der Waals surface area contributed by atoms with Gasteiger partial charge in [-0.2, -0.15) is 0 Å². The van der Waals surface area contributed by atoms with E-state index >= 15 is 0 Å². The SMILES string of the molecule is CN1CC(C2CC3C2OC(C24CC2N(C)CCO4)CN3C)OC2CCCC21. The van der Waals surface area contributed by atoms with Gasteiger partial charge in [0.1, 0.15) is 11.7 Å². The highest BCUT2D eigenvalue weighted by atomic mass is 16.6. The Balaban J connectivity index is 1.17. The maximum atomic E-state index is 6.81. The van der Waals surface area contributed by atoms with E-state index in [2.05, 4.69) is 35.8 Å². The summed E-state index contributed by atoms with van der Waals surface area (Å²) in [6.45, 7) is 3.97. The van der Waals surface area contributed by atoms with Crippen LogP contribution in [0.15, 0.2) is 0 Å². The lowest BCUT2D eigenvalue weighted by molar-refractivity contribution is -0.259. The smallest absolute Gasteiger partial charge is 0.113 e. The van der Waals surface area contributed by atoms with Crippen LogP contribution in [-0.4, -0.2) is 110 Å². The van der Waals surface area contributed by atoms with E-state index in [1.807, 2.05) is 0 Å². The monoisotopic (exact) mass is 377 g/mol. The molecule has 0 aromatic rings. The van der Waals surface area contributed by atoms with E-state index in [0.717, 1.165) is 32.7 Å². The molecular weight excluding hydrogens is 342 g/mol. The van der Waals surface area contributed by atoms with E-state index in [-0.39, 0.29) is 11.7 Å². The first kappa shape index (κ1) is 17.6. The summed E-state index contributed by atoms with van der Waals surface area (Å²) < 4.78 is 19.8. The van der Waals surface area contributed by atoms with E-state index in [4.69, 9.17) is 14.2 Å². The minimum atomic E-state index is -0.0485. The Kier molecular flexibility index (Phi) is 4.00. The molecule has 9 atom stereocenters. The Hall–Kier alpha value is -0.240. The number of rotatable bonds is 2. The van der Waals surface area contributed by atoms with Crippen molar-refractivity contribution in [3.05, 3.63) is 0 Å². The fourth-order valence-electron chi connectivity index (χ4n) is 6.92. The summed E-state index contributed by atoms with van der Waals surface area (Å²) in [5.41, 5.74) is -0.0485. The van der Waals surface area contributed by atoms with Crippen molar-refractivity contribution in [2.45, 2.75) is 80.2 Å². The van der Waals surface area contributed by atoms with Crippen molar-refractivity contribution in [3.63, 3.8) is 0 Å². The molecule has 0 aromatic heterocycles. The molecule has 0 spiro atoms. The average molecular weight is 378 g/mol. The molecule has 3 aliphatic carbocycles. The zero-order valence-electron chi connectivity index (χ0n) is 17.0. The predicted octanol–water partition coefficient (Wildman–Crippen LogP) is 0.799. The Morgan fingerprint density at radius 2 is 1.74 bits per heavy atom. The zero-order valence-corrected chi connectivity index (χ0v) is 17.0. The summed E-state index contributed by atoms with van der Waals surface area (Å²) in [5.74, 6) is 0.541. The number of fused-ring (bicyclic) bond motifs is 3. The number of hydrogen-bond donors (Lipinski definition) is 0. The van der Waals surface area contributed by atoms with Crippen LogP contribution in [0.1, 0.15) is 32.1 Å². The van der Waals surface area contributed by atoms with Crippen LogP contribution in [0.2, 0.25) is 0 Å².